The molecule has 1 aromatic rings. The molecule has 13 heteroatoms. The van der Waals surface area contributed by atoms with E-state index in [1.807, 2.05) is 6.07 Å². The van der Waals surface area contributed by atoms with E-state index >= 15 is 0 Å². The second kappa shape index (κ2) is 10.4. The summed E-state index contributed by atoms with van der Waals surface area (Å²) in [6, 6.07) is 3.75. The summed E-state index contributed by atoms with van der Waals surface area (Å²) in [7, 11) is 1.50. The van der Waals surface area contributed by atoms with E-state index in [9.17, 15) is 29.1 Å². The number of benzene rings is 1. The number of aliphatic carboxylic acids is 1. The summed E-state index contributed by atoms with van der Waals surface area (Å²) in [5, 5.41) is 21.0. The Bertz CT molecular complexity index is 1350. The minimum Gasteiger partial charge on any atom is -0.493 e. The van der Waals surface area contributed by atoms with Gasteiger partial charge in [0.05, 0.1) is 18.1 Å². The fourth-order valence-electron chi connectivity index (χ4n) is 6.90. The number of carbonyl (C=O) groups excluding carboxylic acids is 4. The molecule has 41 heavy (non-hydrogen) atoms. The molecule has 0 amide bonds. The average Bonchev–Trinajstić information content (AvgIpc) is 3.25. The summed E-state index contributed by atoms with van der Waals surface area (Å²) in [6.45, 7) is 0.806. The molecule has 220 valence electrons. The van der Waals surface area contributed by atoms with E-state index < -0.39 is 65.8 Å². The van der Waals surface area contributed by atoms with Crippen LogP contribution in [0.1, 0.15) is 50.7 Å². The molecular formula is C28H30O13. The molecule has 1 heterocycles. The van der Waals surface area contributed by atoms with Gasteiger partial charge in [0.25, 0.3) is 0 Å². The molecule has 1 saturated carbocycles. The van der Waals surface area contributed by atoms with E-state index in [0.717, 1.165) is 37.8 Å². The van der Waals surface area contributed by atoms with Gasteiger partial charge in [-0.1, -0.05) is 12.5 Å². The molecule has 13 nitrogen and oxygen atoms in total. The van der Waals surface area contributed by atoms with Crippen molar-refractivity contribution in [3.05, 3.63) is 35.1 Å². The SMILES string of the molecule is COc1ccc2c3c1O[C@H]1C(OC(=O)[C@@H](OC(C)=O)[C@H](OC(C)=O)C(=O)OCC(=O)O)=CC[C@@]4(O)[C@H](CCC[C@]314)C2. The Kier molecular flexibility index (Phi) is 7.18. The second-order valence-corrected chi connectivity index (χ2v) is 10.6. The van der Waals surface area contributed by atoms with E-state index in [2.05, 4.69) is 4.74 Å². The Hall–Kier alpha value is -4.13. The van der Waals surface area contributed by atoms with Crippen LogP contribution in [0.3, 0.4) is 0 Å². The maximum absolute atomic E-state index is 13.5. The molecule has 2 N–H and O–H groups in total. The minimum atomic E-state index is -2.15. The molecule has 0 aromatic heterocycles. The summed E-state index contributed by atoms with van der Waals surface area (Å²) in [6.07, 6.45) is -0.753. The second-order valence-electron chi connectivity index (χ2n) is 10.6. The van der Waals surface area contributed by atoms with E-state index in [1.165, 1.54) is 13.2 Å². The minimum absolute atomic E-state index is 0.0176. The number of carboxylic acid groups (broad SMARTS) is 1. The lowest BCUT2D eigenvalue weighted by Crippen LogP contribution is -2.67. The summed E-state index contributed by atoms with van der Waals surface area (Å²) in [5.41, 5.74) is -0.315. The van der Waals surface area contributed by atoms with Gasteiger partial charge in [0, 0.05) is 19.4 Å². The van der Waals surface area contributed by atoms with Crippen LogP contribution >= 0.6 is 0 Å². The zero-order valence-corrected chi connectivity index (χ0v) is 22.7. The first-order valence-corrected chi connectivity index (χ1v) is 13.2. The third kappa shape index (κ3) is 4.48. The standard InChI is InChI=1S/C28H30O13/c1-13(29)38-22(25(33)37-12-19(31)32)23(39-14(2)30)26(34)40-18-8-10-28(35)16-5-4-9-27(28)20-15(11-16)6-7-17(36-3)21(20)41-24(18)27/h6-8,16,22-24,35H,4-5,9-12H2,1-3H3,(H,31,32)/t16-,22+,23+,24+,27+,28-/m1/s1. The quantitative estimate of drug-likeness (QED) is 0.316. The third-order valence-corrected chi connectivity index (χ3v) is 8.35. The van der Waals surface area contributed by atoms with Crippen molar-refractivity contribution < 1.29 is 62.6 Å². The lowest BCUT2D eigenvalue weighted by atomic mass is 9.47. The van der Waals surface area contributed by atoms with E-state index in [4.69, 9.17) is 28.8 Å². The molecule has 1 aliphatic heterocycles. The molecule has 4 aliphatic rings. The van der Waals surface area contributed by atoms with Crippen molar-refractivity contribution >= 4 is 29.8 Å². The van der Waals surface area contributed by atoms with Crippen molar-refractivity contribution in [2.45, 2.75) is 75.3 Å². The number of methoxy groups -OCH3 is 1. The normalized spacial score (nSPS) is 28.0. The van der Waals surface area contributed by atoms with Crippen molar-refractivity contribution in [2.24, 2.45) is 5.92 Å². The van der Waals surface area contributed by atoms with Crippen LogP contribution in [0.4, 0.5) is 0 Å². The molecule has 1 spiro atoms. The maximum Gasteiger partial charge on any atom is 0.357 e. The zero-order chi connectivity index (χ0) is 29.7. The lowest BCUT2D eigenvalue weighted by Gasteiger charge is -2.59. The highest BCUT2D eigenvalue weighted by atomic mass is 16.6. The topological polar surface area (TPSA) is 181 Å². The molecular weight excluding hydrogens is 544 g/mol. The monoisotopic (exact) mass is 574 g/mol. The first-order chi connectivity index (χ1) is 19.4. The van der Waals surface area contributed by atoms with Gasteiger partial charge in [0.1, 0.15) is 5.76 Å². The molecule has 0 unspecified atom stereocenters. The average molecular weight is 575 g/mol. The van der Waals surface area contributed by atoms with Gasteiger partial charge in [-0.15, -0.1) is 0 Å². The Balaban J connectivity index is 1.51. The Morgan fingerprint density at radius 2 is 1.76 bits per heavy atom. The lowest BCUT2D eigenvalue weighted by molar-refractivity contribution is -0.192. The number of ether oxygens (including phenoxy) is 6. The van der Waals surface area contributed by atoms with Gasteiger partial charge < -0.3 is 38.6 Å². The first kappa shape index (κ1) is 28.4. The number of carboxylic acids is 1. The molecule has 5 rings (SSSR count). The number of hydrogen-bond acceptors (Lipinski definition) is 12. The van der Waals surface area contributed by atoms with Crippen molar-refractivity contribution in [3.8, 4) is 11.5 Å². The van der Waals surface area contributed by atoms with Crippen LogP contribution in [0.5, 0.6) is 11.5 Å². The van der Waals surface area contributed by atoms with Gasteiger partial charge in [-0.25, -0.2) is 14.4 Å². The first-order valence-electron chi connectivity index (χ1n) is 13.2. The molecule has 1 aromatic carbocycles. The summed E-state index contributed by atoms with van der Waals surface area (Å²) >= 11 is 0. The van der Waals surface area contributed by atoms with Crippen LogP contribution < -0.4 is 9.47 Å². The molecule has 3 aliphatic carbocycles. The molecule has 1 fully saturated rings. The van der Waals surface area contributed by atoms with Gasteiger partial charge in [-0.3, -0.25) is 9.59 Å². The summed E-state index contributed by atoms with van der Waals surface area (Å²) < 4.78 is 32.2. The van der Waals surface area contributed by atoms with Gasteiger partial charge in [0.15, 0.2) is 24.2 Å². The Labute approximate surface area is 234 Å². The zero-order valence-electron chi connectivity index (χ0n) is 22.7. The van der Waals surface area contributed by atoms with Gasteiger partial charge >= 0.3 is 29.8 Å². The highest BCUT2D eigenvalue weighted by Crippen LogP contribution is 2.67. The van der Waals surface area contributed by atoms with Crippen LogP contribution in [-0.4, -0.2) is 77.7 Å². The summed E-state index contributed by atoms with van der Waals surface area (Å²) in [4.78, 5) is 60.7. The largest absolute Gasteiger partial charge is 0.493 e. The van der Waals surface area contributed by atoms with Crippen molar-refractivity contribution in [1.29, 1.82) is 0 Å². The Morgan fingerprint density at radius 1 is 1.07 bits per heavy atom. The van der Waals surface area contributed by atoms with Crippen molar-refractivity contribution in [1.82, 2.24) is 0 Å². The van der Waals surface area contributed by atoms with Crippen molar-refractivity contribution in [2.75, 3.05) is 13.7 Å². The van der Waals surface area contributed by atoms with Crippen LogP contribution in [-0.2, 0) is 54.8 Å². The number of hydrogen-bond donors (Lipinski definition) is 2. The summed E-state index contributed by atoms with van der Waals surface area (Å²) in [5.74, 6) is -5.41. The number of esters is 4. The van der Waals surface area contributed by atoms with Gasteiger partial charge in [0.2, 0.25) is 12.2 Å². The fourth-order valence-corrected chi connectivity index (χ4v) is 6.90. The van der Waals surface area contributed by atoms with E-state index in [1.54, 1.807) is 6.07 Å². The van der Waals surface area contributed by atoms with Gasteiger partial charge in [-0.05, 0) is 49.3 Å². The molecule has 6 atom stereocenters. The maximum atomic E-state index is 13.5. The third-order valence-electron chi connectivity index (χ3n) is 8.35. The predicted molar refractivity (Wildman–Crippen MR) is 134 cm³/mol. The van der Waals surface area contributed by atoms with Crippen molar-refractivity contribution in [3.63, 3.8) is 0 Å². The Morgan fingerprint density at radius 3 is 2.39 bits per heavy atom. The highest BCUT2D eigenvalue weighted by Gasteiger charge is 2.71. The van der Waals surface area contributed by atoms with Crippen LogP contribution in [0.15, 0.2) is 24.0 Å². The molecule has 0 saturated heterocycles. The van der Waals surface area contributed by atoms with Crippen LogP contribution in [0.2, 0.25) is 0 Å². The molecule has 2 bridgehead atoms. The van der Waals surface area contributed by atoms with Crippen LogP contribution in [0, 0.1) is 5.92 Å². The fraction of sp³-hybridized carbons (Fsp3) is 0.536. The molecule has 0 radical (unpaired) electrons. The highest BCUT2D eigenvalue weighted by molar-refractivity contribution is 5.90. The number of carbonyl (C=O) groups is 5. The predicted octanol–water partition coefficient (Wildman–Crippen LogP) is 1.10. The van der Waals surface area contributed by atoms with E-state index in [0.29, 0.717) is 24.3 Å². The van der Waals surface area contributed by atoms with Crippen LogP contribution in [0.25, 0.3) is 0 Å². The smallest absolute Gasteiger partial charge is 0.357 e. The number of rotatable bonds is 9. The van der Waals surface area contributed by atoms with E-state index in [-0.39, 0.29) is 18.1 Å². The number of aliphatic hydroxyl groups is 1. The van der Waals surface area contributed by atoms with Gasteiger partial charge in [-0.2, -0.15) is 0 Å².